The number of nitrogens with zero attached hydrogens (tertiary/aromatic N) is 1. The number of ether oxygens (including phenoxy) is 1. The zero-order chi connectivity index (χ0) is 17.1. The first-order chi connectivity index (χ1) is 11.5. The molecule has 0 aliphatic carbocycles. The van der Waals surface area contributed by atoms with E-state index in [0.717, 1.165) is 26.8 Å². The van der Waals surface area contributed by atoms with E-state index in [-0.39, 0.29) is 24.3 Å². The first kappa shape index (κ1) is 17.1. The number of furan rings is 1. The summed E-state index contributed by atoms with van der Waals surface area (Å²) in [5.41, 5.74) is 1.09. The van der Waals surface area contributed by atoms with Crippen LogP contribution in [0.25, 0.3) is 6.08 Å². The molecule has 0 N–H and O–H groups in total. The predicted octanol–water partition coefficient (Wildman–Crippen LogP) is 4.31. The molecule has 0 radical (unpaired) electrons. The fourth-order valence-electron chi connectivity index (χ4n) is 2.19. The van der Waals surface area contributed by atoms with Crippen molar-refractivity contribution >= 4 is 51.6 Å². The topological polar surface area (TPSA) is 59.8 Å². The molecule has 1 aromatic heterocycles. The van der Waals surface area contributed by atoms with Crippen LogP contribution in [0, 0.1) is 10.7 Å². The highest BCUT2D eigenvalue weighted by Crippen LogP contribution is 2.32. The lowest BCUT2D eigenvalue weighted by atomic mass is 10.2. The fourth-order valence-corrected chi connectivity index (χ4v) is 3.47. The van der Waals surface area contributed by atoms with Crippen LogP contribution in [0.5, 0.6) is 5.75 Å². The summed E-state index contributed by atoms with van der Waals surface area (Å²) in [4.78, 5) is 25.9. The molecular weight excluding hydrogens is 441 g/mol. The molecule has 3 rings (SSSR count). The van der Waals surface area contributed by atoms with E-state index >= 15 is 0 Å². The Bertz CT molecular complexity index is 814. The molecule has 24 heavy (non-hydrogen) atoms. The van der Waals surface area contributed by atoms with Crippen molar-refractivity contribution in [2.24, 2.45) is 0 Å². The van der Waals surface area contributed by atoms with Crippen LogP contribution in [0.3, 0.4) is 0 Å². The Morgan fingerprint density at radius 2 is 2.12 bits per heavy atom. The molecule has 0 saturated carbocycles. The van der Waals surface area contributed by atoms with E-state index in [1.54, 1.807) is 18.2 Å². The Morgan fingerprint density at radius 3 is 2.83 bits per heavy atom. The summed E-state index contributed by atoms with van der Waals surface area (Å²) in [6, 6.07) is 11.2. The third-order valence-electron chi connectivity index (χ3n) is 3.31. The van der Waals surface area contributed by atoms with E-state index in [4.69, 9.17) is 9.15 Å². The molecule has 1 fully saturated rings. The van der Waals surface area contributed by atoms with Gasteiger partial charge in [-0.3, -0.25) is 14.5 Å². The number of hydrogen-bond donors (Lipinski definition) is 0. The highest BCUT2D eigenvalue weighted by Gasteiger charge is 2.35. The number of carbonyl (C=O) groups excluding carboxylic acids is 2. The molecule has 0 bridgehead atoms. The van der Waals surface area contributed by atoms with Crippen LogP contribution in [0.2, 0.25) is 0 Å². The normalized spacial score (nSPS) is 16.2. The van der Waals surface area contributed by atoms with Crippen LogP contribution in [0.1, 0.15) is 11.3 Å². The van der Waals surface area contributed by atoms with Gasteiger partial charge in [-0.25, -0.2) is 0 Å². The van der Waals surface area contributed by atoms with Crippen molar-refractivity contribution < 1.29 is 18.7 Å². The molecule has 124 valence electrons. The number of halogens is 1. The Hall–Kier alpha value is -1.74. The number of aryl methyl sites for hydroxylation is 1. The third-order valence-corrected chi connectivity index (χ3v) is 4.80. The molecule has 1 saturated heterocycles. The van der Waals surface area contributed by atoms with Crippen LogP contribution in [0.15, 0.2) is 45.7 Å². The van der Waals surface area contributed by atoms with E-state index < -0.39 is 0 Å². The Morgan fingerprint density at radius 1 is 1.29 bits per heavy atom. The van der Waals surface area contributed by atoms with Gasteiger partial charge in [0.1, 0.15) is 18.1 Å². The molecule has 5 nitrogen and oxygen atoms in total. The van der Waals surface area contributed by atoms with Crippen LogP contribution in [-0.4, -0.2) is 29.2 Å². The minimum absolute atomic E-state index is 0.214. The van der Waals surface area contributed by atoms with Crippen molar-refractivity contribution in [2.75, 3.05) is 13.2 Å². The number of rotatable bonds is 5. The van der Waals surface area contributed by atoms with E-state index in [1.807, 2.05) is 53.8 Å². The molecule has 1 aromatic carbocycles. The summed E-state index contributed by atoms with van der Waals surface area (Å²) in [6.07, 6.45) is 1.59. The van der Waals surface area contributed by atoms with Gasteiger partial charge in [0.2, 0.25) is 0 Å². The van der Waals surface area contributed by atoms with Gasteiger partial charge in [0.15, 0.2) is 3.77 Å². The predicted molar refractivity (Wildman–Crippen MR) is 101 cm³/mol. The molecule has 1 aliphatic heterocycles. The van der Waals surface area contributed by atoms with Crippen LogP contribution in [-0.2, 0) is 4.79 Å². The molecule has 2 amide bonds. The molecule has 2 aromatic rings. The number of thioether (sulfide) groups is 1. The molecule has 0 spiro atoms. The third kappa shape index (κ3) is 4.02. The van der Waals surface area contributed by atoms with Gasteiger partial charge in [0.05, 0.1) is 11.4 Å². The number of hydrogen-bond acceptors (Lipinski definition) is 5. The monoisotopic (exact) mass is 455 g/mol. The van der Waals surface area contributed by atoms with E-state index in [0.29, 0.717) is 10.7 Å². The number of imide groups is 1. The number of amides is 2. The van der Waals surface area contributed by atoms with Gasteiger partial charge in [-0.2, -0.15) is 0 Å². The molecular formula is C17H14INO4S. The summed E-state index contributed by atoms with van der Waals surface area (Å²) in [5, 5.41) is -0.291. The second kappa shape index (κ2) is 7.43. The maximum atomic E-state index is 12.3. The van der Waals surface area contributed by atoms with E-state index in [2.05, 4.69) is 0 Å². The first-order valence-electron chi connectivity index (χ1n) is 7.23. The van der Waals surface area contributed by atoms with E-state index in [9.17, 15) is 9.59 Å². The standard InChI is InChI=1S/C17H14INO4S/c1-11-3-2-4-12(9-11)22-8-7-19-16(20)14(24-17(19)21)10-13-5-6-15(18)23-13/h2-6,9-10H,7-8H2,1H3/b14-10-. The quantitative estimate of drug-likeness (QED) is 0.497. The summed E-state index contributed by atoms with van der Waals surface area (Å²) >= 11 is 2.96. The van der Waals surface area contributed by atoms with E-state index in [1.165, 1.54) is 4.90 Å². The molecule has 0 atom stereocenters. The first-order valence-corrected chi connectivity index (χ1v) is 9.12. The molecule has 7 heteroatoms. The Balaban J connectivity index is 1.61. The largest absolute Gasteiger partial charge is 0.492 e. The zero-order valence-electron chi connectivity index (χ0n) is 12.8. The fraction of sp³-hybridized carbons (Fsp3) is 0.176. The van der Waals surface area contributed by atoms with Crippen LogP contribution >= 0.6 is 34.4 Å². The minimum atomic E-state index is -0.316. The van der Waals surface area contributed by atoms with Gasteiger partial charge in [-0.05, 0) is 71.1 Å². The average Bonchev–Trinajstić information content (AvgIpc) is 3.05. The van der Waals surface area contributed by atoms with Crippen molar-refractivity contribution in [3.05, 3.63) is 56.4 Å². The van der Waals surface area contributed by atoms with Crippen LogP contribution < -0.4 is 4.74 Å². The summed E-state index contributed by atoms with van der Waals surface area (Å²) < 4.78 is 11.7. The van der Waals surface area contributed by atoms with Gasteiger partial charge < -0.3 is 9.15 Å². The zero-order valence-corrected chi connectivity index (χ0v) is 15.8. The van der Waals surface area contributed by atoms with Crippen molar-refractivity contribution in [2.45, 2.75) is 6.92 Å². The highest BCUT2D eigenvalue weighted by molar-refractivity contribution is 14.1. The summed E-state index contributed by atoms with van der Waals surface area (Å²) in [5.74, 6) is 0.966. The smallest absolute Gasteiger partial charge is 0.293 e. The Kier molecular flexibility index (Phi) is 5.30. The minimum Gasteiger partial charge on any atom is -0.492 e. The van der Waals surface area contributed by atoms with Crippen molar-refractivity contribution in [1.82, 2.24) is 4.90 Å². The molecule has 0 unspecified atom stereocenters. The second-order valence-electron chi connectivity index (χ2n) is 5.14. The Labute approximate surface area is 157 Å². The lowest BCUT2D eigenvalue weighted by molar-refractivity contribution is -0.123. The van der Waals surface area contributed by atoms with Gasteiger partial charge in [-0.1, -0.05) is 12.1 Å². The van der Waals surface area contributed by atoms with Crippen molar-refractivity contribution in [3.63, 3.8) is 0 Å². The van der Waals surface area contributed by atoms with Crippen LogP contribution in [0.4, 0.5) is 4.79 Å². The van der Waals surface area contributed by atoms with Crippen molar-refractivity contribution in [3.8, 4) is 5.75 Å². The highest BCUT2D eigenvalue weighted by atomic mass is 127. The lowest BCUT2D eigenvalue weighted by Crippen LogP contribution is -2.32. The molecule has 1 aliphatic rings. The maximum Gasteiger partial charge on any atom is 0.293 e. The van der Waals surface area contributed by atoms with Gasteiger partial charge >= 0.3 is 0 Å². The SMILES string of the molecule is Cc1cccc(OCCN2C(=O)S/C(=C\c3ccc(I)o3)C2=O)c1. The van der Waals surface area contributed by atoms with Gasteiger partial charge in [-0.15, -0.1) is 0 Å². The second-order valence-corrected chi connectivity index (χ2v) is 7.20. The van der Waals surface area contributed by atoms with Crippen molar-refractivity contribution in [1.29, 1.82) is 0 Å². The summed E-state index contributed by atoms with van der Waals surface area (Å²) in [7, 11) is 0. The van der Waals surface area contributed by atoms with Gasteiger partial charge in [0, 0.05) is 6.08 Å². The lowest BCUT2D eigenvalue weighted by Gasteiger charge is -2.13. The number of benzene rings is 1. The number of carbonyl (C=O) groups is 2. The van der Waals surface area contributed by atoms with Gasteiger partial charge in [0.25, 0.3) is 11.1 Å². The average molecular weight is 455 g/mol. The maximum absolute atomic E-state index is 12.3. The summed E-state index contributed by atoms with van der Waals surface area (Å²) in [6.45, 7) is 2.45. The molecule has 2 heterocycles.